The van der Waals surface area contributed by atoms with E-state index in [9.17, 15) is 0 Å². The number of benzene rings is 3. The largest absolute Gasteiger partial charge is 0.289 e. The Morgan fingerprint density at radius 3 is 2.20 bits per heavy atom. The molecule has 2 aliphatic rings. The van der Waals surface area contributed by atoms with Gasteiger partial charge in [-0.2, -0.15) is 0 Å². The second kappa shape index (κ2) is 6.10. The Morgan fingerprint density at radius 2 is 1.29 bits per heavy atom. The quantitative estimate of drug-likeness (QED) is 0.243. The van der Waals surface area contributed by atoms with Crippen molar-refractivity contribution in [2.75, 3.05) is 0 Å². The summed E-state index contributed by atoms with van der Waals surface area (Å²) in [6, 6.07) is 26.5. The molecule has 4 aromatic heterocycles. The lowest BCUT2D eigenvalue weighted by Gasteiger charge is -2.07. The second-order valence-corrected chi connectivity index (χ2v) is 9.72. The minimum absolute atomic E-state index is 0.893. The van der Waals surface area contributed by atoms with E-state index in [0.29, 0.717) is 0 Å². The summed E-state index contributed by atoms with van der Waals surface area (Å²) >= 11 is 0. The van der Waals surface area contributed by atoms with Gasteiger partial charge in [0.05, 0.1) is 22.1 Å². The zero-order valence-electron chi connectivity index (χ0n) is 18.8. The van der Waals surface area contributed by atoms with Crippen LogP contribution >= 0.6 is 0 Å². The molecule has 0 saturated carbocycles. The van der Waals surface area contributed by atoms with E-state index in [-0.39, 0.29) is 0 Å². The van der Waals surface area contributed by atoms with Gasteiger partial charge in [-0.3, -0.25) is 14.4 Å². The van der Waals surface area contributed by atoms with Crippen molar-refractivity contribution < 1.29 is 0 Å². The molecule has 4 heterocycles. The first kappa shape index (κ1) is 17.8. The second-order valence-electron chi connectivity index (χ2n) is 9.72. The van der Waals surface area contributed by atoms with Gasteiger partial charge in [0.15, 0.2) is 5.65 Å². The average Bonchev–Trinajstić information content (AvgIpc) is 3.57. The van der Waals surface area contributed by atoms with E-state index >= 15 is 0 Å². The third kappa shape index (κ3) is 2.20. The van der Waals surface area contributed by atoms with Crippen molar-refractivity contribution in [3.8, 4) is 22.3 Å². The maximum absolute atomic E-state index is 5.12. The molecule has 0 atom stereocenters. The molecular weight excluding hydrogens is 428 g/mol. The van der Waals surface area contributed by atoms with Crippen molar-refractivity contribution in [2.24, 2.45) is 0 Å². The number of fused-ring (bicyclic) bond motifs is 14. The predicted molar refractivity (Wildman–Crippen MR) is 140 cm³/mol. The Morgan fingerprint density at radius 1 is 0.571 bits per heavy atom. The molecule has 35 heavy (non-hydrogen) atoms. The molecule has 4 heteroatoms. The van der Waals surface area contributed by atoms with E-state index in [1.54, 1.807) is 0 Å². The highest BCUT2D eigenvalue weighted by atomic mass is 15.0. The maximum atomic E-state index is 5.12. The summed E-state index contributed by atoms with van der Waals surface area (Å²) in [6.45, 7) is 0. The van der Waals surface area contributed by atoms with E-state index in [4.69, 9.17) is 15.0 Å². The highest BCUT2D eigenvalue weighted by Crippen LogP contribution is 2.46. The number of hydrogen-bond donors (Lipinski definition) is 0. The standard InChI is InChI=1S/C31H18N4/c1-2-6-21-17(5-1)11-18-14-24-19(13-23(18)21)12-20-15-28-26(16-25(20)24)34-31-30-22(7-3-9-33-30)29-27(35(28)31)8-4-10-32-29/h1-10,13-16H,11-12H2. The van der Waals surface area contributed by atoms with Gasteiger partial charge >= 0.3 is 0 Å². The lowest BCUT2D eigenvalue weighted by Crippen LogP contribution is -1.94. The van der Waals surface area contributed by atoms with Crippen LogP contribution in [-0.4, -0.2) is 19.4 Å². The third-order valence-electron chi connectivity index (χ3n) is 7.87. The molecule has 0 unspecified atom stereocenters. The summed E-state index contributed by atoms with van der Waals surface area (Å²) in [6.07, 6.45) is 5.66. The smallest absolute Gasteiger partial charge is 0.165 e. The number of imidazole rings is 1. The summed E-state index contributed by atoms with van der Waals surface area (Å²) in [5.41, 5.74) is 17.0. The van der Waals surface area contributed by atoms with Gasteiger partial charge in [-0.1, -0.05) is 24.3 Å². The van der Waals surface area contributed by atoms with Gasteiger partial charge in [0.25, 0.3) is 0 Å². The van der Waals surface area contributed by atoms with Crippen LogP contribution in [0.5, 0.6) is 0 Å². The third-order valence-corrected chi connectivity index (χ3v) is 7.87. The fraction of sp³-hybridized carbons (Fsp3) is 0.0645. The molecule has 0 aliphatic heterocycles. The van der Waals surface area contributed by atoms with Crippen molar-refractivity contribution in [1.82, 2.24) is 19.4 Å². The van der Waals surface area contributed by atoms with Gasteiger partial charge in [0, 0.05) is 17.8 Å². The molecule has 0 spiro atoms. The minimum atomic E-state index is 0.893. The van der Waals surface area contributed by atoms with Crippen molar-refractivity contribution in [3.63, 3.8) is 0 Å². The molecule has 4 nitrogen and oxygen atoms in total. The van der Waals surface area contributed by atoms with Crippen LogP contribution in [-0.2, 0) is 12.8 Å². The van der Waals surface area contributed by atoms with Crippen LogP contribution < -0.4 is 0 Å². The van der Waals surface area contributed by atoms with Gasteiger partial charge in [-0.15, -0.1) is 0 Å². The number of pyridine rings is 3. The summed E-state index contributed by atoms with van der Waals surface area (Å²) in [4.78, 5) is 14.5. The van der Waals surface area contributed by atoms with Crippen LogP contribution in [0, 0.1) is 0 Å². The Bertz CT molecular complexity index is 2070. The lowest BCUT2D eigenvalue weighted by molar-refractivity contribution is 1.23. The first-order valence-corrected chi connectivity index (χ1v) is 12.0. The normalized spacial score (nSPS) is 13.5. The van der Waals surface area contributed by atoms with Gasteiger partial charge in [0.2, 0.25) is 0 Å². The molecule has 0 radical (unpaired) electrons. The molecule has 2 aliphatic carbocycles. The van der Waals surface area contributed by atoms with E-state index in [1.165, 1.54) is 44.5 Å². The van der Waals surface area contributed by atoms with Crippen molar-refractivity contribution >= 4 is 38.6 Å². The summed E-state index contributed by atoms with van der Waals surface area (Å²) in [7, 11) is 0. The molecule has 0 saturated heterocycles. The SMILES string of the molecule is c1ccc2c(c1)Cc1cc3c(cc1-2)Cc1cc2c(cc1-3)nc1c3ncccc3c3ncccc3n21. The summed E-state index contributed by atoms with van der Waals surface area (Å²) in [5.74, 6) is 0. The number of nitrogens with zero attached hydrogens (tertiary/aromatic N) is 4. The molecular formula is C31H18N4. The molecule has 7 aromatic rings. The van der Waals surface area contributed by atoms with Gasteiger partial charge in [0.1, 0.15) is 5.52 Å². The topological polar surface area (TPSA) is 43.1 Å². The minimum Gasteiger partial charge on any atom is -0.289 e. The van der Waals surface area contributed by atoms with Crippen LogP contribution in [0.2, 0.25) is 0 Å². The summed E-state index contributed by atoms with van der Waals surface area (Å²) in [5, 5.41) is 1.04. The highest BCUT2D eigenvalue weighted by molar-refractivity contribution is 6.10. The Kier molecular flexibility index (Phi) is 3.11. The number of aromatic nitrogens is 4. The molecule has 0 fully saturated rings. The molecule has 9 rings (SSSR count). The van der Waals surface area contributed by atoms with Gasteiger partial charge < -0.3 is 0 Å². The van der Waals surface area contributed by atoms with Crippen molar-refractivity contribution in [2.45, 2.75) is 12.8 Å². The fourth-order valence-electron chi connectivity index (χ4n) is 6.36. The van der Waals surface area contributed by atoms with Crippen molar-refractivity contribution in [1.29, 1.82) is 0 Å². The van der Waals surface area contributed by atoms with Crippen LogP contribution in [0.1, 0.15) is 22.3 Å². The van der Waals surface area contributed by atoms with Crippen LogP contribution in [0.3, 0.4) is 0 Å². The Balaban J connectivity index is 1.33. The fourth-order valence-corrected chi connectivity index (χ4v) is 6.36. The molecule has 0 N–H and O–H groups in total. The number of rotatable bonds is 0. The van der Waals surface area contributed by atoms with Crippen LogP contribution in [0.15, 0.2) is 85.2 Å². The van der Waals surface area contributed by atoms with E-state index in [2.05, 4.69) is 65.1 Å². The van der Waals surface area contributed by atoms with Gasteiger partial charge in [-0.05, 0) is 106 Å². The van der Waals surface area contributed by atoms with Crippen LogP contribution in [0.4, 0.5) is 0 Å². The van der Waals surface area contributed by atoms with E-state index < -0.39 is 0 Å². The Labute approximate surface area is 200 Å². The first-order chi connectivity index (χ1) is 17.3. The van der Waals surface area contributed by atoms with E-state index in [0.717, 1.165) is 51.5 Å². The van der Waals surface area contributed by atoms with Crippen molar-refractivity contribution in [3.05, 3.63) is 107 Å². The Hall–Kier alpha value is -4.57. The van der Waals surface area contributed by atoms with Gasteiger partial charge in [-0.25, -0.2) is 4.98 Å². The zero-order valence-corrected chi connectivity index (χ0v) is 18.8. The molecule has 0 amide bonds. The van der Waals surface area contributed by atoms with Crippen LogP contribution in [0.25, 0.3) is 60.9 Å². The lowest BCUT2D eigenvalue weighted by atomic mass is 9.98. The predicted octanol–water partition coefficient (Wildman–Crippen LogP) is 6.73. The number of hydrogen-bond acceptors (Lipinski definition) is 3. The molecule has 3 aromatic carbocycles. The maximum Gasteiger partial charge on any atom is 0.165 e. The first-order valence-electron chi connectivity index (χ1n) is 12.0. The molecule has 0 bridgehead atoms. The highest BCUT2D eigenvalue weighted by Gasteiger charge is 2.26. The zero-order chi connectivity index (χ0) is 22.7. The monoisotopic (exact) mass is 446 g/mol. The molecule has 162 valence electrons. The van der Waals surface area contributed by atoms with E-state index in [1.807, 2.05) is 24.5 Å². The summed E-state index contributed by atoms with van der Waals surface area (Å²) < 4.78 is 2.24. The average molecular weight is 447 g/mol.